The molecule has 4 aromatic rings. The van der Waals surface area contributed by atoms with E-state index in [1.165, 1.54) is 22.2 Å². The van der Waals surface area contributed by atoms with E-state index < -0.39 is 0 Å². The summed E-state index contributed by atoms with van der Waals surface area (Å²) in [7, 11) is 0. The van der Waals surface area contributed by atoms with E-state index in [2.05, 4.69) is 70.2 Å². The van der Waals surface area contributed by atoms with Crippen molar-refractivity contribution in [3.63, 3.8) is 0 Å². The summed E-state index contributed by atoms with van der Waals surface area (Å²) in [5.41, 5.74) is 5.63. The van der Waals surface area contributed by atoms with E-state index in [9.17, 15) is 0 Å². The molecule has 1 fully saturated rings. The van der Waals surface area contributed by atoms with Crippen LogP contribution in [0, 0.1) is 13.8 Å². The fraction of sp³-hybridized carbons (Fsp3) is 0.273. The number of nitrogens with zero attached hydrogens (tertiary/aromatic N) is 4. The largest absolute Gasteiger partial charge is 0.367 e. The average Bonchev–Trinajstić information content (AvgIpc) is 3.11. The monoisotopic (exact) mass is 358 g/mol. The van der Waals surface area contributed by atoms with E-state index >= 15 is 0 Å². The Morgan fingerprint density at radius 1 is 0.889 bits per heavy atom. The molecule has 0 saturated carbocycles. The molecule has 27 heavy (non-hydrogen) atoms. The molecular weight excluding hydrogens is 336 g/mol. The smallest absolute Gasteiger partial charge is 0.180 e. The zero-order valence-electron chi connectivity index (χ0n) is 15.6. The number of aromatic nitrogens is 2. The molecule has 5 nitrogen and oxygen atoms in total. The van der Waals surface area contributed by atoms with Gasteiger partial charge in [-0.15, -0.1) is 0 Å². The Morgan fingerprint density at radius 3 is 2.56 bits per heavy atom. The summed E-state index contributed by atoms with van der Waals surface area (Å²) < 4.78 is 5.55. The van der Waals surface area contributed by atoms with Gasteiger partial charge in [0.05, 0.1) is 10.9 Å². The van der Waals surface area contributed by atoms with Crippen LogP contribution in [0.4, 0.5) is 11.5 Å². The fourth-order valence-corrected chi connectivity index (χ4v) is 4.00. The summed E-state index contributed by atoms with van der Waals surface area (Å²) in [4.78, 5) is 9.35. The summed E-state index contributed by atoms with van der Waals surface area (Å²) in [6.45, 7) is 7.94. The second-order valence-electron chi connectivity index (χ2n) is 7.28. The van der Waals surface area contributed by atoms with Crippen molar-refractivity contribution in [3.05, 3.63) is 59.8 Å². The van der Waals surface area contributed by atoms with E-state index in [0.29, 0.717) is 0 Å². The van der Waals surface area contributed by atoms with Crippen LogP contribution in [0.25, 0.3) is 21.9 Å². The van der Waals surface area contributed by atoms with Gasteiger partial charge < -0.3 is 14.3 Å². The maximum Gasteiger partial charge on any atom is 0.180 e. The number of rotatable bonds is 2. The van der Waals surface area contributed by atoms with Crippen molar-refractivity contribution in [2.45, 2.75) is 13.8 Å². The molecule has 0 aliphatic carbocycles. The molecule has 1 saturated heterocycles. The third-order valence-corrected chi connectivity index (χ3v) is 5.48. The topological polar surface area (TPSA) is 45.4 Å². The van der Waals surface area contributed by atoms with Gasteiger partial charge >= 0.3 is 0 Å². The van der Waals surface area contributed by atoms with Crippen molar-refractivity contribution in [1.82, 2.24) is 10.1 Å². The molecule has 3 heterocycles. The van der Waals surface area contributed by atoms with Crippen LogP contribution in [-0.2, 0) is 0 Å². The van der Waals surface area contributed by atoms with E-state index in [0.717, 1.165) is 48.5 Å². The number of hydrogen-bond donors (Lipinski definition) is 0. The van der Waals surface area contributed by atoms with Crippen LogP contribution in [0.2, 0.25) is 0 Å². The van der Waals surface area contributed by atoms with Gasteiger partial charge in [-0.05, 0) is 43.2 Å². The molecule has 5 heteroatoms. The Bertz CT molecular complexity index is 1130. The standard InChI is InChI=1S/C22H22N4O/c1-15-6-7-18-20(14-15)27-24-22(18)26-12-10-25(11-13-26)19-8-9-23-21-16(2)4-3-5-17(19)21/h3-9,14H,10-13H2,1-2H3. The highest BCUT2D eigenvalue weighted by Crippen LogP contribution is 2.31. The number of benzene rings is 2. The fourth-order valence-electron chi connectivity index (χ4n) is 4.00. The maximum absolute atomic E-state index is 5.55. The minimum atomic E-state index is 0.864. The molecule has 2 aromatic heterocycles. The lowest BCUT2D eigenvalue weighted by Crippen LogP contribution is -2.46. The van der Waals surface area contributed by atoms with Crippen molar-refractivity contribution in [1.29, 1.82) is 0 Å². The van der Waals surface area contributed by atoms with Crippen molar-refractivity contribution in [3.8, 4) is 0 Å². The number of aryl methyl sites for hydroxylation is 2. The number of anilines is 2. The molecule has 0 N–H and O–H groups in total. The highest BCUT2D eigenvalue weighted by Gasteiger charge is 2.23. The molecule has 0 amide bonds. The van der Waals surface area contributed by atoms with Crippen LogP contribution in [0.1, 0.15) is 11.1 Å². The van der Waals surface area contributed by atoms with Gasteiger partial charge in [-0.25, -0.2) is 0 Å². The highest BCUT2D eigenvalue weighted by molar-refractivity contribution is 5.93. The van der Waals surface area contributed by atoms with Gasteiger partial charge in [-0.3, -0.25) is 4.98 Å². The SMILES string of the molecule is Cc1ccc2c(N3CCN(c4ccnc5c(C)cccc45)CC3)noc2c1. The van der Waals surface area contributed by atoms with Crippen molar-refractivity contribution in [2.24, 2.45) is 0 Å². The van der Waals surface area contributed by atoms with Crippen LogP contribution in [0.15, 0.2) is 53.2 Å². The summed E-state index contributed by atoms with van der Waals surface area (Å²) in [5.74, 6) is 0.958. The highest BCUT2D eigenvalue weighted by atomic mass is 16.5. The zero-order valence-corrected chi connectivity index (χ0v) is 15.6. The Hall–Kier alpha value is -3.08. The van der Waals surface area contributed by atoms with Gasteiger partial charge in [-0.1, -0.05) is 29.4 Å². The molecule has 0 radical (unpaired) electrons. The van der Waals surface area contributed by atoms with Gasteiger partial charge in [0.2, 0.25) is 0 Å². The van der Waals surface area contributed by atoms with Crippen molar-refractivity contribution < 1.29 is 4.52 Å². The van der Waals surface area contributed by atoms with Gasteiger partial charge in [0.1, 0.15) is 0 Å². The van der Waals surface area contributed by atoms with Crippen molar-refractivity contribution >= 4 is 33.4 Å². The Balaban J connectivity index is 1.41. The molecule has 1 aliphatic rings. The molecule has 5 rings (SSSR count). The summed E-state index contributed by atoms with van der Waals surface area (Å²) >= 11 is 0. The van der Waals surface area contributed by atoms with Gasteiger partial charge in [-0.2, -0.15) is 0 Å². The Kier molecular flexibility index (Phi) is 3.74. The van der Waals surface area contributed by atoms with Gasteiger partial charge in [0.15, 0.2) is 11.4 Å². The first-order chi connectivity index (χ1) is 13.2. The third kappa shape index (κ3) is 2.70. The molecule has 0 spiro atoms. The Labute approximate surface area is 158 Å². The van der Waals surface area contributed by atoms with Crippen LogP contribution < -0.4 is 9.80 Å². The van der Waals surface area contributed by atoms with Gasteiger partial charge in [0.25, 0.3) is 0 Å². The second kappa shape index (κ2) is 6.27. The minimum Gasteiger partial charge on any atom is -0.367 e. The predicted octanol–water partition coefficient (Wildman–Crippen LogP) is 4.32. The molecule has 136 valence electrons. The first kappa shape index (κ1) is 16.1. The zero-order chi connectivity index (χ0) is 18.4. The van der Waals surface area contributed by atoms with E-state index in [1.807, 2.05) is 12.3 Å². The lowest BCUT2D eigenvalue weighted by molar-refractivity contribution is 0.452. The molecule has 0 atom stereocenters. The first-order valence-electron chi connectivity index (χ1n) is 9.41. The normalized spacial score (nSPS) is 15.0. The summed E-state index contributed by atoms with van der Waals surface area (Å²) in [6.07, 6.45) is 1.92. The lowest BCUT2D eigenvalue weighted by Gasteiger charge is -2.36. The Morgan fingerprint density at radius 2 is 1.70 bits per heavy atom. The lowest BCUT2D eigenvalue weighted by atomic mass is 10.1. The molecule has 0 unspecified atom stereocenters. The predicted molar refractivity (Wildman–Crippen MR) is 110 cm³/mol. The van der Waals surface area contributed by atoms with Crippen LogP contribution in [-0.4, -0.2) is 36.3 Å². The molecule has 1 aliphatic heterocycles. The second-order valence-corrected chi connectivity index (χ2v) is 7.28. The van der Waals surface area contributed by atoms with Crippen molar-refractivity contribution in [2.75, 3.05) is 36.0 Å². The number of piperazine rings is 1. The van der Waals surface area contributed by atoms with Crippen LogP contribution in [0.5, 0.6) is 0 Å². The average molecular weight is 358 g/mol. The number of fused-ring (bicyclic) bond motifs is 2. The van der Waals surface area contributed by atoms with E-state index in [-0.39, 0.29) is 0 Å². The number of pyridine rings is 1. The minimum absolute atomic E-state index is 0.864. The third-order valence-electron chi connectivity index (χ3n) is 5.48. The quantitative estimate of drug-likeness (QED) is 0.534. The van der Waals surface area contributed by atoms with Crippen LogP contribution in [0.3, 0.4) is 0 Å². The van der Waals surface area contributed by atoms with E-state index in [1.54, 1.807) is 0 Å². The molecule has 2 aromatic carbocycles. The van der Waals surface area contributed by atoms with Crippen LogP contribution >= 0.6 is 0 Å². The number of hydrogen-bond acceptors (Lipinski definition) is 5. The maximum atomic E-state index is 5.55. The van der Waals surface area contributed by atoms with Gasteiger partial charge in [0, 0.05) is 43.4 Å². The number of para-hydroxylation sites is 1. The summed E-state index contributed by atoms with van der Waals surface area (Å²) in [5, 5.41) is 6.67. The first-order valence-corrected chi connectivity index (χ1v) is 9.41. The molecular formula is C22H22N4O. The van der Waals surface area contributed by atoms with E-state index in [4.69, 9.17) is 4.52 Å². The molecule has 0 bridgehead atoms. The summed E-state index contributed by atoms with van der Waals surface area (Å²) in [6, 6.07) is 14.8.